The van der Waals surface area contributed by atoms with Crippen molar-refractivity contribution in [1.82, 2.24) is 15.0 Å². The molecule has 2 aromatic heterocycles. The SMILES string of the molecule is CCS(=O)c1cc2c(Nc3cccc(Br)c3)ncnc2cn1. The fraction of sp³-hybridized carbons (Fsp3) is 0.133. The summed E-state index contributed by atoms with van der Waals surface area (Å²) >= 11 is 3.44. The number of pyridine rings is 1. The van der Waals surface area contributed by atoms with Gasteiger partial charge in [0.25, 0.3) is 0 Å². The van der Waals surface area contributed by atoms with Gasteiger partial charge in [-0.2, -0.15) is 0 Å². The molecule has 1 aromatic carbocycles. The van der Waals surface area contributed by atoms with E-state index in [1.807, 2.05) is 31.2 Å². The van der Waals surface area contributed by atoms with E-state index < -0.39 is 10.8 Å². The second-order valence-corrected chi connectivity index (χ2v) is 7.13. The third-order valence-electron chi connectivity index (χ3n) is 3.08. The molecule has 1 atom stereocenters. The zero-order valence-corrected chi connectivity index (χ0v) is 14.2. The molecular weight excluding hydrogens is 364 g/mol. The summed E-state index contributed by atoms with van der Waals surface area (Å²) in [6.07, 6.45) is 3.12. The molecule has 0 saturated carbocycles. The van der Waals surface area contributed by atoms with Crippen LogP contribution in [-0.4, -0.2) is 24.9 Å². The number of rotatable bonds is 4. The van der Waals surface area contributed by atoms with Gasteiger partial charge >= 0.3 is 0 Å². The van der Waals surface area contributed by atoms with Crippen LogP contribution in [0.5, 0.6) is 0 Å². The third-order valence-corrected chi connectivity index (χ3v) is 4.79. The first kappa shape index (κ1) is 15.1. The molecule has 3 aromatic rings. The van der Waals surface area contributed by atoms with Crippen molar-refractivity contribution in [2.75, 3.05) is 11.1 Å². The van der Waals surface area contributed by atoms with Gasteiger partial charge in [0.2, 0.25) is 0 Å². The topological polar surface area (TPSA) is 67.8 Å². The standard InChI is InChI=1S/C15H13BrN4OS/c1-2-22(21)14-7-12-13(8-17-14)18-9-19-15(12)20-11-5-3-4-10(16)6-11/h3-9H,2H2,1H3,(H,18,19,20). The molecule has 0 spiro atoms. The van der Waals surface area contributed by atoms with Crippen molar-refractivity contribution in [3.63, 3.8) is 0 Å². The van der Waals surface area contributed by atoms with Gasteiger partial charge in [0, 0.05) is 21.3 Å². The van der Waals surface area contributed by atoms with Crippen molar-refractivity contribution in [3.8, 4) is 0 Å². The highest BCUT2D eigenvalue weighted by Gasteiger charge is 2.09. The lowest BCUT2D eigenvalue weighted by Gasteiger charge is -2.09. The summed E-state index contributed by atoms with van der Waals surface area (Å²) in [4.78, 5) is 12.7. The van der Waals surface area contributed by atoms with Crippen LogP contribution in [0, 0.1) is 0 Å². The van der Waals surface area contributed by atoms with Crippen molar-refractivity contribution >= 4 is 49.1 Å². The Morgan fingerprint density at radius 3 is 2.86 bits per heavy atom. The number of nitrogens with zero attached hydrogens (tertiary/aromatic N) is 3. The molecule has 0 bridgehead atoms. The molecule has 22 heavy (non-hydrogen) atoms. The Morgan fingerprint density at radius 1 is 1.23 bits per heavy atom. The summed E-state index contributed by atoms with van der Waals surface area (Å²) in [5.41, 5.74) is 1.62. The Balaban J connectivity index is 2.06. The van der Waals surface area contributed by atoms with E-state index in [2.05, 4.69) is 36.2 Å². The molecule has 1 unspecified atom stereocenters. The van der Waals surface area contributed by atoms with Crippen molar-refractivity contribution in [1.29, 1.82) is 0 Å². The second kappa shape index (κ2) is 6.50. The van der Waals surface area contributed by atoms with E-state index in [0.29, 0.717) is 22.1 Å². The van der Waals surface area contributed by atoms with E-state index in [1.54, 1.807) is 12.3 Å². The lowest BCUT2D eigenvalue weighted by molar-refractivity contribution is 0.681. The monoisotopic (exact) mass is 376 g/mol. The molecule has 2 heterocycles. The van der Waals surface area contributed by atoms with Gasteiger partial charge in [-0.3, -0.25) is 4.21 Å². The number of halogens is 1. The molecule has 0 aliphatic carbocycles. The number of nitrogens with one attached hydrogen (secondary N) is 1. The molecule has 7 heteroatoms. The Morgan fingerprint density at radius 2 is 2.09 bits per heavy atom. The first-order valence-electron chi connectivity index (χ1n) is 6.69. The molecule has 0 aliphatic rings. The van der Waals surface area contributed by atoms with Crippen LogP contribution in [-0.2, 0) is 10.8 Å². The van der Waals surface area contributed by atoms with Crippen LogP contribution in [0.15, 0.2) is 52.4 Å². The predicted octanol–water partition coefficient (Wildman–Crippen LogP) is 3.66. The van der Waals surface area contributed by atoms with Gasteiger partial charge in [0.1, 0.15) is 17.2 Å². The number of fused-ring (bicyclic) bond motifs is 1. The first-order valence-corrected chi connectivity index (χ1v) is 8.80. The molecule has 0 fully saturated rings. The van der Waals surface area contributed by atoms with E-state index in [0.717, 1.165) is 15.5 Å². The van der Waals surface area contributed by atoms with Crippen LogP contribution in [0.4, 0.5) is 11.5 Å². The lowest BCUT2D eigenvalue weighted by atomic mass is 10.2. The number of anilines is 2. The maximum absolute atomic E-state index is 12.0. The predicted molar refractivity (Wildman–Crippen MR) is 91.7 cm³/mol. The van der Waals surface area contributed by atoms with Gasteiger partial charge in [-0.25, -0.2) is 15.0 Å². The number of hydrogen-bond donors (Lipinski definition) is 1. The van der Waals surface area contributed by atoms with E-state index in [1.165, 1.54) is 6.33 Å². The van der Waals surface area contributed by atoms with Gasteiger partial charge in [0.05, 0.1) is 22.5 Å². The second-order valence-electron chi connectivity index (χ2n) is 4.53. The zero-order valence-electron chi connectivity index (χ0n) is 11.8. The summed E-state index contributed by atoms with van der Waals surface area (Å²) in [5.74, 6) is 1.19. The molecule has 1 N–H and O–H groups in total. The molecule has 5 nitrogen and oxygen atoms in total. The maximum Gasteiger partial charge on any atom is 0.141 e. The van der Waals surface area contributed by atoms with Gasteiger partial charge in [-0.15, -0.1) is 0 Å². The van der Waals surface area contributed by atoms with E-state index in [4.69, 9.17) is 0 Å². The van der Waals surface area contributed by atoms with E-state index >= 15 is 0 Å². The average Bonchev–Trinajstić information content (AvgIpc) is 2.54. The highest BCUT2D eigenvalue weighted by atomic mass is 79.9. The normalized spacial score (nSPS) is 12.3. The highest BCUT2D eigenvalue weighted by Crippen LogP contribution is 2.25. The molecular formula is C15H13BrN4OS. The van der Waals surface area contributed by atoms with E-state index in [9.17, 15) is 4.21 Å². The quantitative estimate of drug-likeness (QED) is 0.752. The van der Waals surface area contributed by atoms with Crippen LogP contribution >= 0.6 is 15.9 Å². The molecule has 3 rings (SSSR count). The summed E-state index contributed by atoms with van der Waals surface area (Å²) in [7, 11) is -1.11. The van der Waals surface area contributed by atoms with Gasteiger partial charge in [-0.1, -0.05) is 28.9 Å². The van der Waals surface area contributed by atoms with Crippen molar-refractivity contribution in [3.05, 3.63) is 47.3 Å². The highest BCUT2D eigenvalue weighted by molar-refractivity contribution is 9.10. The maximum atomic E-state index is 12.0. The molecule has 0 saturated heterocycles. The number of aromatic nitrogens is 3. The van der Waals surface area contributed by atoms with Crippen LogP contribution in [0.1, 0.15) is 6.92 Å². The number of hydrogen-bond acceptors (Lipinski definition) is 5. The smallest absolute Gasteiger partial charge is 0.141 e. The van der Waals surface area contributed by atoms with Gasteiger partial charge in [0.15, 0.2) is 0 Å². The van der Waals surface area contributed by atoms with E-state index in [-0.39, 0.29) is 0 Å². The lowest BCUT2D eigenvalue weighted by Crippen LogP contribution is -2.00. The van der Waals surface area contributed by atoms with Crippen molar-refractivity contribution < 1.29 is 4.21 Å². The fourth-order valence-corrected chi connectivity index (χ4v) is 3.13. The Labute approximate surface area is 138 Å². The molecule has 0 radical (unpaired) electrons. The van der Waals surface area contributed by atoms with Crippen LogP contribution in [0.2, 0.25) is 0 Å². The molecule has 0 aliphatic heterocycles. The minimum Gasteiger partial charge on any atom is -0.340 e. The zero-order chi connectivity index (χ0) is 15.5. The summed E-state index contributed by atoms with van der Waals surface area (Å²) in [5, 5.41) is 4.61. The largest absolute Gasteiger partial charge is 0.340 e. The Kier molecular flexibility index (Phi) is 4.44. The van der Waals surface area contributed by atoms with Crippen LogP contribution < -0.4 is 5.32 Å². The third kappa shape index (κ3) is 3.15. The summed E-state index contributed by atoms with van der Waals surface area (Å²) in [6.45, 7) is 1.87. The molecule has 112 valence electrons. The fourth-order valence-electron chi connectivity index (χ4n) is 2.01. The number of benzene rings is 1. The Hall–Kier alpha value is -1.86. The minimum absolute atomic E-state index is 0.528. The minimum atomic E-state index is -1.11. The van der Waals surface area contributed by atoms with Crippen LogP contribution in [0.3, 0.4) is 0 Å². The average molecular weight is 377 g/mol. The first-order chi connectivity index (χ1) is 10.7. The summed E-state index contributed by atoms with van der Waals surface area (Å²) < 4.78 is 12.9. The molecule has 0 amide bonds. The summed E-state index contributed by atoms with van der Waals surface area (Å²) in [6, 6.07) is 9.59. The van der Waals surface area contributed by atoms with Gasteiger partial charge < -0.3 is 5.32 Å². The van der Waals surface area contributed by atoms with Crippen molar-refractivity contribution in [2.45, 2.75) is 11.9 Å². The van der Waals surface area contributed by atoms with Gasteiger partial charge in [-0.05, 0) is 24.3 Å². The van der Waals surface area contributed by atoms with Crippen molar-refractivity contribution in [2.24, 2.45) is 0 Å². The van der Waals surface area contributed by atoms with Crippen LogP contribution in [0.25, 0.3) is 10.9 Å². The Bertz CT molecular complexity index is 856.